The Morgan fingerprint density at radius 3 is 3.00 bits per heavy atom. The zero-order valence-electron chi connectivity index (χ0n) is 10.1. The largest absolute Gasteiger partial charge is 1.00 e. The van der Waals surface area contributed by atoms with Crippen molar-refractivity contribution in [3.63, 3.8) is 0 Å². The van der Waals surface area contributed by atoms with Crippen molar-refractivity contribution in [2.75, 3.05) is 6.61 Å². The summed E-state index contributed by atoms with van der Waals surface area (Å²) in [5.74, 6) is 0.776. The Hall–Kier alpha value is -1.33. The molecule has 5 nitrogen and oxygen atoms in total. The molecule has 0 aliphatic heterocycles. The summed E-state index contributed by atoms with van der Waals surface area (Å²) in [4.78, 5) is 0. The number of halogens is 1. The lowest BCUT2D eigenvalue weighted by atomic mass is 10.3. The van der Waals surface area contributed by atoms with Crippen LogP contribution in [0.15, 0.2) is 29.7 Å². The van der Waals surface area contributed by atoms with E-state index < -0.39 is 0 Å². The van der Waals surface area contributed by atoms with Gasteiger partial charge in [-0.25, -0.2) is 9.13 Å². The number of aryl methyl sites for hydroxylation is 1. The first-order valence-electron chi connectivity index (χ1n) is 5.09. The number of nitrogens with zero attached hydrogens (tertiary/aromatic N) is 3. The third-order valence-electron chi connectivity index (χ3n) is 2.20. The van der Waals surface area contributed by atoms with Crippen molar-refractivity contribution in [3.05, 3.63) is 30.4 Å². The third kappa shape index (κ3) is 5.01. The minimum atomic E-state index is 0. The number of aromatic nitrogens is 2. The molecule has 0 aliphatic carbocycles. The van der Waals surface area contributed by atoms with Gasteiger partial charge in [0, 0.05) is 0 Å². The summed E-state index contributed by atoms with van der Waals surface area (Å²) in [6, 6.07) is 0. The molecule has 0 radical (unpaired) electrons. The van der Waals surface area contributed by atoms with E-state index in [9.17, 15) is 0 Å². The van der Waals surface area contributed by atoms with Gasteiger partial charge in [0.25, 0.3) is 0 Å². The van der Waals surface area contributed by atoms with Crippen LogP contribution >= 0.6 is 0 Å². The van der Waals surface area contributed by atoms with Crippen molar-refractivity contribution in [3.8, 4) is 0 Å². The average Bonchev–Trinajstić information content (AvgIpc) is 2.56. The van der Waals surface area contributed by atoms with Crippen LogP contribution in [0.4, 0.5) is 0 Å². The molecule has 17 heavy (non-hydrogen) atoms. The number of hydrogen-bond acceptors (Lipinski definition) is 3. The number of imidazole rings is 1. The van der Waals surface area contributed by atoms with Crippen LogP contribution in [-0.2, 0) is 18.5 Å². The van der Waals surface area contributed by atoms with Crippen LogP contribution < -0.4 is 17.0 Å². The molecule has 0 amide bonds. The lowest BCUT2D eigenvalue weighted by molar-refractivity contribution is -0.672. The third-order valence-corrected chi connectivity index (χ3v) is 2.20. The van der Waals surface area contributed by atoms with Crippen LogP contribution in [0.25, 0.3) is 0 Å². The normalized spacial score (nSPS) is 10.5. The molecule has 6 heteroatoms. The van der Waals surface area contributed by atoms with Gasteiger partial charge in [-0.05, 0) is 13.3 Å². The second-order valence-electron chi connectivity index (χ2n) is 3.73. The molecule has 1 aromatic heterocycles. The highest BCUT2D eigenvalue weighted by molar-refractivity contribution is 5.72. The first-order valence-corrected chi connectivity index (χ1v) is 5.09. The molecular weight excluding hydrogens is 242 g/mol. The minimum Gasteiger partial charge on any atom is -1.00 e. The van der Waals surface area contributed by atoms with Gasteiger partial charge in [-0.15, -0.1) is 6.58 Å². The molecule has 0 fully saturated rings. The topological polar surface area (TPSA) is 50.6 Å². The number of ether oxygens (including phenoxy) is 1. The summed E-state index contributed by atoms with van der Waals surface area (Å²) in [6.45, 7) is 6.87. The van der Waals surface area contributed by atoms with Crippen molar-refractivity contribution in [2.45, 2.75) is 20.1 Å². The van der Waals surface area contributed by atoms with Gasteiger partial charge in [-0.2, -0.15) is 0 Å². The van der Waals surface area contributed by atoms with Crippen molar-refractivity contribution < 1.29 is 26.9 Å². The molecule has 1 aromatic rings. The van der Waals surface area contributed by atoms with Crippen LogP contribution in [0, 0.1) is 0 Å². The monoisotopic (exact) mass is 259 g/mol. The van der Waals surface area contributed by atoms with Gasteiger partial charge in [-0.1, -0.05) is 10.7 Å². The minimum absolute atomic E-state index is 0. The fourth-order valence-corrected chi connectivity index (χ4v) is 1.27. The highest BCUT2D eigenvalue weighted by atomic mass is 35.5. The Bertz CT molecular complexity index is 388. The van der Waals surface area contributed by atoms with Gasteiger partial charge < -0.3 is 22.4 Å². The van der Waals surface area contributed by atoms with Crippen LogP contribution in [0.3, 0.4) is 0 Å². The Balaban J connectivity index is 0.00000256. The zero-order valence-corrected chi connectivity index (χ0v) is 10.9. The molecule has 0 spiro atoms. The maximum absolute atomic E-state index is 8.52. The zero-order chi connectivity index (χ0) is 12.0. The molecule has 0 aromatic carbocycles. The molecule has 96 valence electrons. The predicted molar refractivity (Wildman–Crippen MR) is 60.4 cm³/mol. The number of rotatable bonds is 6. The van der Waals surface area contributed by atoms with Gasteiger partial charge >= 0.3 is 5.82 Å². The van der Waals surface area contributed by atoms with Crippen molar-refractivity contribution in [2.24, 2.45) is 12.2 Å². The van der Waals surface area contributed by atoms with Crippen molar-refractivity contribution in [1.82, 2.24) is 4.57 Å². The molecular formula is C11H18ClN3O2. The number of hydrogen-bond donors (Lipinski definition) is 1. The molecule has 0 bridgehead atoms. The quantitative estimate of drug-likeness (QED) is 0.162. The van der Waals surface area contributed by atoms with Gasteiger partial charge in [-0.3, -0.25) is 0 Å². The Kier molecular flexibility index (Phi) is 7.25. The molecule has 0 unspecified atom stereocenters. The molecule has 1 N–H and O–H groups in total. The van der Waals surface area contributed by atoms with Crippen LogP contribution in [0.2, 0.25) is 0 Å². The highest BCUT2D eigenvalue weighted by Gasteiger charge is 2.11. The summed E-state index contributed by atoms with van der Waals surface area (Å²) in [5, 5.41) is 11.5. The Morgan fingerprint density at radius 2 is 2.41 bits per heavy atom. The molecule has 1 heterocycles. The van der Waals surface area contributed by atoms with E-state index in [0.29, 0.717) is 13.3 Å². The van der Waals surface area contributed by atoms with Crippen LogP contribution in [0.1, 0.15) is 19.2 Å². The van der Waals surface area contributed by atoms with Crippen LogP contribution in [-0.4, -0.2) is 22.6 Å². The second kappa shape index (κ2) is 7.86. The summed E-state index contributed by atoms with van der Waals surface area (Å²) in [5.41, 5.74) is 1.11. The van der Waals surface area contributed by atoms with E-state index in [-0.39, 0.29) is 12.4 Å². The molecule has 0 atom stereocenters. The molecule has 0 saturated carbocycles. The van der Waals surface area contributed by atoms with Gasteiger partial charge in [0.15, 0.2) is 12.9 Å². The van der Waals surface area contributed by atoms with E-state index in [1.165, 1.54) is 6.21 Å². The fraction of sp³-hybridized carbons (Fsp3) is 0.455. The summed E-state index contributed by atoms with van der Waals surface area (Å²) >= 11 is 0. The maximum atomic E-state index is 8.52. The fourth-order valence-electron chi connectivity index (χ4n) is 1.27. The van der Waals surface area contributed by atoms with Crippen molar-refractivity contribution >= 4 is 6.21 Å². The molecule has 1 rings (SSSR count). The van der Waals surface area contributed by atoms with Gasteiger partial charge in [0.1, 0.15) is 12.4 Å². The Labute approximate surface area is 107 Å². The van der Waals surface area contributed by atoms with E-state index in [2.05, 4.69) is 11.7 Å². The van der Waals surface area contributed by atoms with Gasteiger partial charge in [0.2, 0.25) is 0 Å². The first-order chi connectivity index (χ1) is 7.65. The lowest BCUT2D eigenvalue weighted by Gasteiger charge is -2.02. The Morgan fingerprint density at radius 1 is 1.71 bits per heavy atom. The van der Waals surface area contributed by atoms with Crippen LogP contribution in [0.5, 0.6) is 0 Å². The maximum Gasteiger partial charge on any atom is 0.305 e. The molecule has 0 saturated heterocycles. The second-order valence-corrected chi connectivity index (χ2v) is 3.73. The summed E-state index contributed by atoms with van der Waals surface area (Å²) in [6.07, 6.45) is 5.98. The van der Waals surface area contributed by atoms with E-state index in [0.717, 1.165) is 17.8 Å². The lowest BCUT2D eigenvalue weighted by Crippen LogP contribution is -3.00. The SMILES string of the molecule is C=C(C)CCOCn1cc[n+](C)c1/C=N\O.[Cl-]. The molecule has 0 aliphatic rings. The summed E-state index contributed by atoms with van der Waals surface area (Å²) in [7, 11) is 1.88. The standard InChI is InChI=1S/C11H17N3O2.ClH/c1-10(2)4-7-16-9-14-6-5-13(3)11(14)8-12-15;/h5-6,8H,1,4,7,9H2,2-3H3;1H. The van der Waals surface area contributed by atoms with E-state index in [4.69, 9.17) is 9.94 Å². The van der Waals surface area contributed by atoms with E-state index >= 15 is 0 Å². The van der Waals surface area contributed by atoms with E-state index in [1.54, 1.807) is 0 Å². The summed E-state index contributed by atoms with van der Waals surface area (Å²) < 4.78 is 9.18. The van der Waals surface area contributed by atoms with E-state index in [1.807, 2.05) is 35.5 Å². The highest BCUT2D eigenvalue weighted by Crippen LogP contribution is 1.98. The number of oxime groups is 1. The average molecular weight is 260 g/mol. The smallest absolute Gasteiger partial charge is 0.305 e. The first kappa shape index (κ1) is 15.7. The van der Waals surface area contributed by atoms with Gasteiger partial charge in [0.05, 0.1) is 13.7 Å². The predicted octanol–water partition coefficient (Wildman–Crippen LogP) is -1.93. The van der Waals surface area contributed by atoms with Crippen molar-refractivity contribution in [1.29, 1.82) is 0 Å².